The van der Waals surface area contributed by atoms with Gasteiger partial charge in [0.05, 0.1) is 19.8 Å². The van der Waals surface area contributed by atoms with Gasteiger partial charge in [0.2, 0.25) is 0 Å². The molecule has 0 aromatic rings. The molecule has 3 atom stereocenters. The van der Waals surface area contributed by atoms with Crippen LogP contribution < -0.4 is 0 Å². The lowest BCUT2D eigenvalue weighted by Gasteiger charge is -2.20. The van der Waals surface area contributed by atoms with Gasteiger partial charge in [0.15, 0.2) is 6.10 Å². The Kier molecular flexibility index (Phi) is 21.1. The Balaban J connectivity index is 4.24. The van der Waals surface area contributed by atoms with Crippen LogP contribution in [0.4, 0.5) is 0 Å². The third-order valence-electron chi connectivity index (χ3n) is 4.97. The van der Waals surface area contributed by atoms with Gasteiger partial charge in [-0.15, -0.1) is 0 Å². The summed E-state index contributed by atoms with van der Waals surface area (Å²) < 4.78 is 31.5. The minimum atomic E-state index is -4.57. The second-order valence-corrected chi connectivity index (χ2v) is 9.77. The molecular weight excluding hydrogens is 479 g/mol. The topological polar surface area (TPSA) is 149 Å². The fourth-order valence-corrected chi connectivity index (χ4v) is 3.70. The highest BCUT2D eigenvalue weighted by Crippen LogP contribution is 2.43. The number of ether oxygens (including phenoxy) is 2. The van der Waals surface area contributed by atoms with Crippen molar-refractivity contribution >= 4 is 19.8 Å². The maximum atomic E-state index is 12.2. The summed E-state index contributed by atoms with van der Waals surface area (Å²) in [4.78, 5) is 33.3. The minimum Gasteiger partial charge on any atom is -0.462 e. The van der Waals surface area contributed by atoms with Crippen LogP contribution in [0.15, 0.2) is 12.2 Å². The number of rotatable bonds is 23. The molecule has 0 aromatic carbocycles. The molecule has 0 aliphatic heterocycles. The summed E-state index contributed by atoms with van der Waals surface area (Å²) in [5.74, 6) is -1.04. The summed E-state index contributed by atoms with van der Waals surface area (Å²) in [6.07, 6.45) is 13.1. The van der Waals surface area contributed by atoms with E-state index < -0.39 is 51.8 Å². The van der Waals surface area contributed by atoms with Crippen molar-refractivity contribution in [2.45, 2.75) is 103 Å². The van der Waals surface area contributed by atoms with Gasteiger partial charge < -0.3 is 24.6 Å². The van der Waals surface area contributed by atoms with Gasteiger partial charge in [-0.1, -0.05) is 58.1 Å². The molecule has 35 heavy (non-hydrogen) atoms. The molecule has 0 amide bonds. The molecule has 0 saturated carbocycles. The van der Waals surface area contributed by atoms with Crippen molar-refractivity contribution in [1.29, 1.82) is 0 Å². The predicted molar refractivity (Wildman–Crippen MR) is 132 cm³/mol. The van der Waals surface area contributed by atoms with E-state index in [-0.39, 0.29) is 19.4 Å². The summed E-state index contributed by atoms with van der Waals surface area (Å²) in [6, 6.07) is 0. The van der Waals surface area contributed by atoms with Crippen LogP contribution in [0, 0.1) is 0 Å². The number of unbranched alkanes of at least 4 members (excludes halogenated alkanes) is 8. The van der Waals surface area contributed by atoms with Crippen LogP contribution in [-0.4, -0.2) is 65.7 Å². The van der Waals surface area contributed by atoms with Crippen LogP contribution in [-0.2, 0) is 32.7 Å². The monoisotopic (exact) mass is 524 g/mol. The van der Waals surface area contributed by atoms with Gasteiger partial charge in [0.25, 0.3) is 0 Å². The van der Waals surface area contributed by atoms with Crippen LogP contribution in [0.1, 0.15) is 90.9 Å². The van der Waals surface area contributed by atoms with Crippen LogP contribution in [0.5, 0.6) is 0 Å². The first kappa shape index (κ1) is 33.7. The maximum Gasteiger partial charge on any atom is 0.472 e. The highest BCUT2D eigenvalue weighted by Gasteiger charge is 2.26. The molecule has 0 radical (unpaired) electrons. The summed E-state index contributed by atoms with van der Waals surface area (Å²) in [5.41, 5.74) is 0. The molecule has 0 rings (SSSR count). The van der Waals surface area contributed by atoms with Crippen LogP contribution in [0.25, 0.3) is 0 Å². The summed E-state index contributed by atoms with van der Waals surface area (Å²) in [6.45, 7) is 1.66. The van der Waals surface area contributed by atoms with E-state index >= 15 is 0 Å². The summed E-state index contributed by atoms with van der Waals surface area (Å²) >= 11 is 0. The van der Waals surface area contributed by atoms with Gasteiger partial charge in [-0.25, -0.2) is 4.57 Å². The predicted octanol–water partition coefficient (Wildman–Crippen LogP) is 4.21. The van der Waals surface area contributed by atoms with E-state index in [2.05, 4.69) is 23.6 Å². The summed E-state index contributed by atoms with van der Waals surface area (Å²) in [5, 5.41) is 17.9. The van der Waals surface area contributed by atoms with E-state index in [9.17, 15) is 24.2 Å². The Morgan fingerprint density at radius 3 is 2.09 bits per heavy atom. The molecule has 3 N–H and O–H groups in total. The van der Waals surface area contributed by atoms with E-state index in [0.29, 0.717) is 6.42 Å². The lowest BCUT2D eigenvalue weighted by molar-refractivity contribution is -0.161. The lowest BCUT2D eigenvalue weighted by Crippen LogP contribution is -2.29. The molecule has 0 spiro atoms. The minimum absolute atomic E-state index is 0.122. The number of carbonyl (C=O) groups excluding carboxylic acids is 2. The number of phosphoric ester groups is 1. The van der Waals surface area contributed by atoms with Crippen molar-refractivity contribution in [2.24, 2.45) is 0 Å². The number of esters is 2. The van der Waals surface area contributed by atoms with E-state index in [0.717, 1.165) is 38.5 Å². The van der Waals surface area contributed by atoms with Crippen molar-refractivity contribution in [2.75, 3.05) is 26.4 Å². The number of aliphatic hydroxyl groups excluding tert-OH is 2. The zero-order chi connectivity index (χ0) is 26.4. The highest BCUT2D eigenvalue weighted by molar-refractivity contribution is 7.47. The largest absolute Gasteiger partial charge is 0.472 e. The zero-order valence-electron chi connectivity index (χ0n) is 21.3. The Bertz CT molecular complexity index is 625. The standard InChI is InChI=1S/C24H45O10P/c1-3-5-6-7-8-9-10-11-12-13-14-15-16-24(28)34-22(19-31-23(27)4-2)20-33-35(29,30)32-18-21(26)17-25/h8-9,21-22,25-26H,3-7,10-20H2,1-2H3,(H,29,30)/b9-8-. The smallest absolute Gasteiger partial charge is 0.462 e. The molecule has 0 bridgehead atoms. The molecule has 0 saturated heterocycles. The quantitative estimate of drug-likeness (QED) is 0.0768. The van der Waals surface area contributed by atoms with Crippen molar-refractivity contribution < 1.29 is 47.8 Å². The third kappa shape index (κ3) is 21.7. The van der Waals surface area contributed by atoms with Crippen molar-refractivity contribution in [3.05, 3.63) is 12.2 Å². The first-order valence-corrected chi connectivity index (χ1v) is 14.1. The van der Waals surface area contributed by atoms with E-state index in [4.69, 9.17) is 19.1 Å². The van der Waals surface area contributed by atoms with Gasteiger partial charge in [-0.05, 0) is 32.1 Å². The van der Waals surface area contributed by atoms with E-state index in [1.54, 1.807) is 6.92 Å². The molecule has 11 heteroatoms. The Morgan fingerprint density at radius 2 is 1.46 bits per heavy atom. The molecule has 0 aliphatic carbocycles. The first-order valence-electron chi connectivity index (χ1n) is 12.6. The second kappa shape index (κ2) is 21.9. The first-order chi connectivity index (χ1) is 16.7. The molecule has 10 nitrogen and oxygen atoms in total. The van der Waals surface area contributed by atoms with Gasteiger partial charge in [0, 0.05) is 12.8 Å². The van der Waals surface area contributed by atoms with E-state index in [1.165, 1.54) is 19.3 Å². The molecule has 0 aliphatic rings. The number of allylic oxidation sites excluding steroid dienone is 2. The van der Waals surface area contributed by atoms with Crippen molar-refractivity contribution in [3.8, 4) is 0 Å². The fraction of sp³-hybridized carbons (Fsp3) is 0.833. The van der Waals surface area contributed by atoms with Gasteiger partial charge in [-0.2, -0.15) is 0 Å². The second-order valence-electron chi connectivity index (χ2n) is 8.32. The van der Waals surface area contributed by atoms with Crippen LogP contribution >= 0.6 is 7.82 Å². The lowest BCUT2D eigenvalue weighted by atomic mass is 10.1. The van der Waals surface area contributed by atoms with Gasteiger partial charge in [0.1, 0.15) is 12.7 Å². The van der Waals surface area contributed by atoms with Crippen LogP contribution in [0.2, 0.25) is 0 Å². The number of hydrogen-bond acceptors (Lipinski definition) is 9. The fourth-order valence-electron chi connectivity index (χ4n) is 2.91. The Labute approximate surface area is 209 Å². The Hall–Kier alpha value is -1.29. The van der Waals surface area contributed by atoms with E-state index in [1.807, 2.05) is 0 Å². The number of carbonyl (C=O) groups is 2. The SMILES string of the molecule is CCCCC/C=C\CCCCCCCC(=O)OC(COC(=O)CC)COP(=O)(O)OCC(O)CO. The number of hydrogen-bond donors (Lipinski definition) is 3. The molecule has 3 unspecified atom stereocenters. The molecular formula is C24H45O10P. The van der Waals surface area contributed by atoms with Crippen LogP contribution in [0.3, 0.4) is 0 Å². The number of phosphoric acid groups is 1. The third-order valence-corrected chi connectivity index (χ3v) is 5.92. The van der Waals surface area contributed by atoms with Crippen molar-refractivity contribution in [3.63, 3.8) is 0 Å². The molecule has 0 aromatic heterocycles. The van der Waals surface area contributed by atoms with Gasteiger partial charge in [-0.3, -0.25) is 18.6 Å². The number of aliphatic hydroxyl groups is 2. The molecule has 206 valence electrons. The average Bonchev–Trinajstić information content (AvgIpc) is 2.84. The average molecular weight is 525 g/mol. The zero-order valence-corrected chi connectivity index (χ0v) is 22.2. The van der Waals surface area contributed by atoms with Gasteiger partial charge >= 0.3 is 19.8 Å². The Morgan fingerprint density at radius 1 is 0.857 bits per heavy atom. The normalized spacial score (nSPS) is 15.0. The molecule has 0 fully saturated rings. The highest BCUT2D eigenvalue weighted by atomic mass is 31.2. The molecule has 0 heterocycles. The van der Waals surface area contributed by atoms with Crippen molar-refractivity contribution in [1.82, 2.24) is 0 Å². The summed E-state index contributed by atoms with van der Waals surface area (Å²) in [7, 11) is -4.57. The maximum absolute atomic E-state index is 12.2.